The zero-order chi connectivity index (χ0) is 19.8. The Balaban J connectivity index is 1.62. The largest absolute Gasteiger partial charge is 0.335 e. The van der Waals surface area contributed by atoms with E-state index in [0.717, 1.165) is 16.3 Å². The van der Waals surface area contributed by atoms with Crippen molar-refractivity contribution in [3.8, 4) is 11.4 Å². The van der Waals surface area contributed by atoms with Gasteiger partial charge in [0.2, 0.25) is 5.16 Å². The summed E-state index contributed by atoms with van der Waals surface area (Å²) in [6.07, 6.45) is 0. The number of para-hydroxylation sites is 2. The monoisotopic (exact) mass is 440 g/mol. The molecule has 2 aromatic carbocycles. The van der Waals surface area contributed by atoms with Crippen LogP contribution in [-0.4, -0.2) is 24.4 Å². The molecule has 0 bridgehead atoms. The van der Waals surface area contributed by atoms with Crippen molar-refractivity contribution in [2.45, 2.75) is 17.5 Å². The van der Waals surface area contributed by atoms with Gasteiger partial charge >= 0.3 is 6.55 Å². The standard InChI is InChI=1S/C17H12Cl2F2N6S/c18-9-5-6-10(11(19)7-9)15-24-25-17(27(15)22)28-8-14-23-12-3-1-2-4-13(12)26(14)16(20)21/h1-7,16H,8,22H2. The van der Waals surface area contributed by atoms with E-state index in [2.05, 4.69) is 15.2 Å². The number of benzene rings is 2. The van der Waals surface area contributed by atoms with E-state index < -0.39 is 6.55 Å². The highest BCUT2D eigenvalue weighted by atomic mass is 35.5. The van der Waals surface area contributed by atoms with E-state index in [4.69, 9.17) is 29.0 Å². The molecule has 0 aliphatic rings. The minimum Gasteiger partial charge on any atom is -0.335 e. The van der Waals surface area contributed by atoms with Crippen LogP contribution in [0.2, 0.25) is 10.0 Å². The predicted molar refractivity (Wildman–Crippen MR) is 106 cm³/mol. The molecule has 2 N–H and O–H groups in total. The molecule has 0 aliphatic heterocycles. The topological polar surface area (TPSA) is 74.6 Å². The van der Waals surface area contributed by atoms with Crippen LogP contribution < -0.4 is 5.84 Å². The molecule has 0 aliphatic carbocycles. The Hall–Kier alpha value is -2.36. The molecular formula is C17H12Cl2F2N6S. The van der Waals surface area contributed by atoms with Crippen LogP contribution in [0.1, 0.15) is 12.4 Å². The molecule has 4 rings (SSSR count). The fourth-order valence-corrected chi connectivity index (χ4v) is 4.05. The van der Waals surface area contributed by atoms with Crippen LogP contribution in [0.15, 0.2) is 47.6 Å². The maximum absolute atomic E-state index is 13.5. The number of fused-ring (bicyclic) bond motifs is 1. The molecular weight excluding hydrogens is 429 g/mol. The highest BCUT2D eigenvalue weighted by molar-refractivity contribution is 7.98. The number of imidazole rings is 1. The summed E-state index contributed by atoms with van der Waals surface area (Å²) >= 11 is 13.3. The average molecular weight is 441 g/mol. The Bertz CT molecular complexity index is 1160. The third-order valence-electron chi connectivity index (χ3n) is 4.03. The molecule has 0 fully saturated rings. The lowest BCUT2D eigenvalue weighted by Crippen LogP contribution is -2.12. The zero-order valence-corrected chi connectivity index (χ0v) is 16.4. The molecule has 2 aromatic heterocycles. The molecule has 0 atom stereocenters. The van der Waals surface area contributed by atoms with Crippen molar-refractivity contribution in [2.24, 2.45) is 0 Å². The van der Waals surface area contributed by atoms with Gasteiger partial charge in [-0.3, -0.25) is 4.57 Å². The van der Waals surface area contributed by atoms with E-state index in [1.807, 2.05) is 0 Å². The second-order valence-electron chi connectivity index (χ2n) is 5.75. The van der Waals surface area contributed by atoms with Gasteiger partial charge in [0.25, 0.3) is 0 Å². The van der Waals surface area contributed by atoms with Gasteiger partial charge in [-0.2, -0.15) is 8.78 Å². The van der Waals surface area contributed by atoms with E-state index >= 15 is 0 Å². The van der Waals surface area contributed by atoms with Gasteiger partial charge < -0.3 is 5.84 Å². The average Bonchev–Trinajstić information content (AvgIpc) is 3.20. The number of nitrogen functional groups attached to an aromatic ring is 1. The lowest BCUT2D eigenvalue weighted by atomic mass is 10.2. The van der Waals surface area contributed by atoms with Crippen LogP contribution in [-0.2, 0) is 5.75 Å². The van der Waals surface area contributed by atoms with Crippen LogP contribution >= 0.6 is 35.0 Å². The van der Waals surface area contributed by atoms with Crippen molar-refractivity contribution in [3.05, 3.63) is 58.3 Å². The number of aromatic nitrogens is 5. The quantitative estimate of drug-likeness (QED) is 0.349. The van der Waals surface area contributed by atoms with Gasteiger partial charge in [0.1, 0.15) is 5.82 Å². The molecule has 11 heteroatoms. The number of alkyl halides is 2. The normalized spacial score (nSPS) is 11.6. The van der Waals surface area contributed by atoms with Gasteiger partial charge in [-0.15, -0.1) is 10.2 Å². The Morgan fingerprint density at radius 1 is 1.11 bits per heavy atom. The van der Waals surface area contributed by atoms with Crippen LogP contribution in [0.25, 0.3) is 22.4 Å². The number of halogens is 4. The summed E-state index contributed by atoms with van der Waals surface area (Å²) in [6.45, 7) is -2.71. The Kier molecular flexibility index (Phi) is 5.13. The lowest BCUT2D eigenvalue weighted by molar-refractivity contribution is 0.0722. The maximum atomic E-state index is 13.5. The molecule has 0 spiro atoms. The van der Waals surface area contributed by atoms with Gasteiger partial charge in [0, 0.05) is 10.6 Å². The van der Waals surface area contributed by atoms with E-state index in [9.17, 15) is 8.78 Å². The SMILES string of the molecule is Nn1c(SCc2nc3ccccc3n2C(F)F)nnc1-c1ccc(Cl)cc1Cl. The van der Waals surface area contributed by atoms with Crippen LogP contribution in [0.3, 0.4) is 0 Å². The smallest absolute Gasteiger partial charge is 0.320 e. The van der Waals surface area contributed by atoms with E-state index in [0.29, 0.717) is 37.6 Å². The summed E-state index contributed by atoms with van der Waals surface area (Å²) in [5.41, 5.74) is 1.44. The number of nitrogens with zero attached hydrogens (tertiary/aromatic N) is 5. The van der Waals surface area contributed by atoms with Gasteiger partial charge in [0.05, 0.1) is 21.8 Å². The van der Waals surface area contributed by atoms with Crippen LogP contribution in [0.4, 0.5) is 8.78 Å². The fraction of sp³-hybridized carbons (Fsp3) is 0.118. The molecule has 2 heterocycles. The molecule has 144 valence electrons. The minimum atomic E-state index is -2.71. The van der Waals surface area contributed by atoms with Gasteiger partial charge in [-0.05, 0) is 30.3 Å². The third-order valence-corrected chi connectivity index (χ3v) is 5.52. The summed E-state index contributed by atoms with van der Waals surface area (Å²) in [5.74, 6) is 6.78. The van der Waals surface area contributed by atoms with Gasteiger partial charge in [-0.1, -0.05) is 47.1 Å². The first-order valence-electron chi connectivity index (χ1n) is 7.98. The molecule has 6 nitrogen and oxygen atoms in total. The van der Waals surface area contributed by atoms with E-state index in [-0.39, 0.29) is 11.6 Å². The zero-order valence-electron chi connectivity index (χ0n) is 14.1. The Morgan fingerprint density at radius 2 is 1.89 bits per heavy atom. The molecule has 28 heavy (non-hydrogen) atoms. The van der Waals surface area contributed by atoms with Crippen LogP contribution in [0.5, 0.6) is 0 Å². The van der Waals surface area contributed by atoms with Crippen molar-refractivity contribution in [1.82, 2.24) is 24.4 Å². The van der Waals surface area contributed by atoms with Crippen molar-refractivity contribution in [1.29, 1.82) is 0 Å². The number of rotatable bonds is 5. The van der Waals surface area contributed by atoms with Crippen molar-refractivity contribution >= 4 is 46.0 Å². The third kappa shape index (κ3) is 3.41. The number of nitrogens with two attached hydrogens (primary N) is 1. The summed E-state index contributed by atoms with van der Waals surface area (Å²) in [7, 11) is 0. The highest BCUT2D eigenvalue weighted by Crippen LogP contribution is 2.32. The molecule has 0 saturated carbocycles. The summed E-state index contributed by atoms with van der Waals surface area (Å²) in [6, 6.07) is 11.7. The van der Waals surface area contributed by atoms with Crippen molar-refractivity contribution in [3.63, 3.8) is 0 Å². The number of hydrogen-bond donors (Lipinski definition) is 1. The Labute approximate surface area is 172 Å². The minimum absolute atomic E-state index is 0.142. The maximum Gasteiger partial charge on any atom is 0.320 e. The highest BCUT2D eigenvalue weighted by Gasteiger charge is 2.20. The second kappa shape index (κ2) is 7.57. The van der Waals surface area contributed by atoms with Gasteiger partial charge in [-0.25, -0.2) is 9.66 Å². The fourth-order valence-electron chi connectivity index (χ4n) is 2.77. The van der Waals surface area contributed by atoms with Gasteiger partial charge in [0.15, 0.2) is 5.82 Å². The first-order valence-corrected chi connectivity index (χ1v) is 9.72. The van der Waals surface area contributed by atoms with E-state index in [1.165, 1.54) is 4.68 Å². The second-order valence-corrected chi connectivity index (χ2v) is 7.54. The lowest BCUT2D eigenvalue weighted by Gasteiger charge is -2.08. The molecule has 0 radical (unpaired) electrons. The Morgan fingerprint density at radius 3 is 2.64 bits per heavy atom. The predicted octanol–water partition coefficient (Wildman–Crippen LogP) is 5.00. The molecule has 0 unspecified atom stereocenters. The molecule has 0 saturated heterocycles. The number of hydrogen-bond acceptors (Lipinski definition) is 5. The summed E-state index contributed by atoms with van der Waals surface area (Å²) in [5, 5.41) is 9.29. The number of thioether (sulfide) groups is 1. The van der Waals surface area contributed by atoms with Crippen molar-refractivity contribution in [2.75, 3.05) is 5.84 Å². The van der Waals surface area contributed by atoms with E-state index in [1.54, 1.807) is 42.5 Å². The molecule has 4 aromatic rings. The summed E-state index contributed by atoms with van der Waals surface area (Å²) < 4.78 is 29.2. The first-order chi connectivity index (χ1) is 13.5. The van der Waals surface area contributed by atoms with Crippen molar-refractivity contribution < 1.29 is 8.78 Å². The summed E-state index contributed by atoms with van der Waals surface area (Å²) in [4.78, 5) is 4.30. The molecule has 0 amide bonds. The first kappa shape index (κ1) is 19.0. The van der Waals surface area contributed by atoms with Crippen LogP contribution in [0, 0.1) is 0 Å².